The van der Waals surface area contributed by atoms with E-state index < -0.39 is 11.8 Å². The van der Waals surface area contributed by atoms with Crippen LogP contribution in [0.1, 0.15) is 22.3 Å². The van der Waals surface area contributed by atoms with Crippen molar-refractivity contribution >= 4 is 29.5 Å². The van der Waals surface area contributed by atoms with Gasteiger partial charge in [-0.15, -0.1) is 0 Å². The predicted molar refractivity (Wildman–Crippen MR) is 140 cm³/mol. The Bertz CT molecular complexity index is 1320. The van der Waals surface area contributed by atoms with Gasteiger partial charge >= 0.3 is 0 Å². The number of rotatable bonds is 10. The standard InChI is InChI=1S/C28H25ClN4O3/c29-23-12-10-22(11-13-23)27(34)32-26(28(35)31-14-5-16-33-17-15-30-20-33)19-21-6-4-9-25(18-21)36-24-7-2-1-3-8-24/h1-4,6-13,15,17-20H,5,14,16H2,(H,31,35)(H,32,34)/b26-19-. The first-order chi connectivity index (χ1) is 17.6. The van der Waals surface area contributed by atoms with Crippen molar-refractivity contribution < 1.29 is 14.3 Å². The Labute approximate surface area is 214 Å². The zero-order valence-corrected chi connectivity index (χ0v) is 20.2. The summed E-state index contributed by atoms with van der Waals surface area (Å²) in [6, 6.07) is 23.1. The van der Waals surface area contributed by atoms with Crippen LogP contribution >= 0.6 is 11.6 Å². The van der Waals surface area contributed by atoms with E-state index in [1.807, 2.05) is 59.3 Å². The van der Waals surface area contributed by atoms with Crippen LogP contribution in [0.25, 0.3) is 6.08 Å². The van der Waals surface area contributed by atoms with E-state index in [4.69, 9.17) is 16.3 Å². The van der Waals surface area contributed by atoms with E-state index in [0.29, 0.717) is 40.6 Å². The summed E-state index contributed by atoms with van der Waals surface area (Å²) in [6.45, 7) is 1.15. The van der Waals surface area contributed by atoms with E-state index in [1.165, 1.54) is 0 Å². The van der Waals surface area contributed by atoms with Gasteiger partial charge < -0.3 is 19.9 Å². The van der Waals surface area contributed by atoms with Crippen LogP contribution in [0, 0.1) is 0 Å². The molecule has 4 aromatic rings. The number of halogens is 1. The maximum absolute atomic E-state index is 13.0. The van der Waals surface area contributed by atoms with Crippen LogP contribution in [0.3, 0.4) is 0 Å². The summed E-state index contributed by atoms with van der Waals surface area (Å²) in [5.41, 5.74) is 1.21. The summed E-state index contributed by atoms with van der Waals surface area (Å²) in [5.74, 6) is 0.505. The highest BCUT2D eigenvalue weighted by Crippen LogP contribution is 2.23. The van der Waals surface area contributed by atoms with Crippen molar-refractivity contribution in [1.82, 2.24) is 20.2 Å². The first-order valence-electron chi connectivity index (χ1n) is 11.4. The average Bonchev–Trinajstić information content (AvgIpc) is 3.41. The largest absolute Gasteiger partial charge is 0.457 e. The number of ether oxygens (including phenoxy) is 1. The molecule has 0 radical (unpaired) electrons. The van der Waals surface area contributed by atoms with Crippen LogP contribution in [0.5, 0.6) is 11.5 Å². The Morgan fingerprint density at radius 3 is 2.50 bits per heavy atom. The van der Waals surface area contributed by atoms with Crippen LogP contribution in [0.2, 0.25) is 5.02 Å². The fraction of sp³-hybridized carbons (Fsp3) is 0.107. The highest BCUT2D eigenvalue weighted by molar-refractivity contribution is 6.30. The summed E-state index contributed by atoms with van der Waals surface area (Å²) >= 11 is 5.94. The molecule has 0 aliphatic heterocycles. The van der Waals surface area contributed by atoms with Crippen molar-refractivity contribution in [2.45, 2.75) is 13.0 Å². The molecule has 0 saturated heterocycles. The second-order valence-corrected chi connectivity index (χ2v) is 8.35. The molecule has 0 atom stereocenters. The second kappa shape index (κ2) is 12.4. The Kier molecular flexibility index (Phi) is 8.51. The number of hydrogen-bond acceptors (Lipinski definition) is 4. The van der Waals surface area contributed by atoms with Crippen LogP contribution in [-0.4, -0.2) is 27.9 Å². The molecule has 4 rings (SSSR count). The quantitative estimate of drug-likeness (QED) is 0.228. The zero-order valence-electron chi connectivity index (χ0n) is 19.4. The highest BCUT2D eigenvalue weighted by Gasteiger charge is 2.15. The number of aryl methyl sites for hydroxylation is 1. The summed E-state index contributed by atoms with van der Waals surface area (Å²) < 4.78 is 7.83. The van der Waals surface area contributed by atoms with Gasteiger partial charge in [0.05, 0.1) is 6.33 Å². The van der Waals surface area contributed by atoms with Gasteiger partial charge in [-0.1, -0.05) is 41.9 Å². The van der Waals surface area contributed by atoms with Gasteiger partial charge in [0.25, 0.3) is 11.8 Å². The molecule has 0 spiro atoms. The molecule has 0 bridgehead atoms. The molecule has 3 aromatic carbocycles. The summed E-state index contributed by atoms with van der Waals surface area (Å²) in [7, 11) is 0. The minimum absolute atomic E-state index is 0.120. The number of nitrogens with one attached hydrogen (secondary N) is 2. The first-order valence-corrected chi connectivity index (χ1v) is 11.8. The van der Waals surface area contributed by atoms with Gasteiger partial charge in [-0.05, 0) is 66.6 Å². The molecule has 1 aromatic heterocycles. The molecule has 0 unspecified atom stereocenters. The molecular formula is C28H25ClN4O3. The van der Waals surface area contributed by atoms with Crippen LogP contribution in [-0.2, 0) is 11.3 Å². The summed E-state index contributed by atoms with van der Waals surface area (Å²) in [6.07, 6.45) is 7.63. The molecule has 1 heterocycles. The summed E-state index contributed by atoms with van der Waals surface area (Å²) in [5, 5.41) is 6.13. The molecule has 36 heavy (non-hydrogen) atoms. The molecule has 182 valence electrons. The maximum Gasteiger partial charge on any atom is 0.267 e. The smallest absolute Gasteiger partial charge is 0.267 e. The SMILES string of the molecule is O=C(NCCCn1ccnc1)/C(=C/c1cccc(Oc2ccccc2)c1)NC(=O)c1ccc(Cl)cc1. The molecule has 0 aliphatic rings. The normalized spacial score (nSPS) is 11.1. The lowest BCUT2D eigenvalue weighted by atomic mass is 10.1. The van der Waals surface area contributed by atoms with Crippen molar-refractivity contribution in [2.24, 2.45) is 0 Å². The third kappa shape index (κ3) is 7.32. The second-order valence-electron chi connectivity index (χ2n) is 7.92. The van der Waals surface area contributed by atoms with Gasteiger partial charge in [0.15, 0.2) is 0 Å². The number of aromatic nitrogens is 2. The maximum atomic E-state index is 13.0. The first kappa shape index (κ1) is 24.8. The van der Waals surface area contributed by atoms with Gasteiger partial charge in [0.2, 0.25) is 0 Å². The molecule has 8 heteroatoms. The Morgan fingerprint density at radius 2 is 1.75 bits per heavy atom. The lowest BCUT2D eigenvalue weighted by Gasteiger charge is -2.12. The molecule has 0 saturated carbocycles. The monoisotopic (exact) mass is 500 g/mol. The van der Waals surface area contributed by atoms with Crippen LogP contribution < -0.4 is 15.4 Å². The van der Waals surface area contributed by atoms with E-state index >= 15 is 0 Å². The van der Waals surface area contributed by atoms with Crippen LogP contribution in [0.15, 0.2) is 103 Å². The van der Waals surface area contributed by atoms with E-state index in [1.54, 1.807) is 48.9 Å². The topological polar surface area (TPSA) is 85.2 Å². The number of amides is 2. The molecule has 2 N–H and O–H groups in total. The van der Waals surface area contributed by atoms with Crippen molar-refractivity contribution in [3.8, 4) is 11.5 Å². The number of carbonyl (C=O) groups is 2. The third-order valence-electron chi connectivity index (χ3n) is 5.19. The lowest BCUT2D eigenvalue weighted by Crippen LogP contribution is -2.35. The van der Waals surface area contributed by atoms with E-state index in [2.05, 4.69) is 15.6 Å². The molecular weight excluding hydrogens is 476 g/mol. The Balaban J connectivity index is 1.50. The van der Waals surface area contributed by atoms with Gasteiger partial charge in [-0.25, -0.2) is 4.98 Å². The van der Waals surface area contributed by atoms with Gasteiger partial charge in [0.1, 0.15) is 17.2 Å². The minimum atomic E-state index is -0.414. The number of benzene rings is 3. The van der Waals surface area contributed by atoms with Crippen molar-refractivity contribution in [3.63, 3.8) is 0 Å². The fourth-order valence-corrected chi connectivity index (χ4v) is 3.52. The minimum Gasteiger partial charge on any atom is -0.457 e. The molecule has 7 nitrogen and oxygen atoms in total. The number of para-hydroxylation sites is 1. The highest BCUT2D eigenvalue weighted by atomic mass is 35.5. The van der Waals surface area contributed by atoms with Crippen LogP contribution in [0.4, 0.5) is 0 Å². The number of hydrogen-bond donors (Lipinski definition) is 2. The predicted octanol–water partition coefficient (Wildman–Crippen LogP) is 5.31. The lowest BCUT2D eigenvalue weighted by molar-refractivity contribution is -0.117. The number of nitrogens with zero attached hydrogens (tertiary/aromatic N) is 2. The van der Waals surface area contributed by atoms with Gasteiger partial charge in [-0.3, -0.25) is 9.59 Å². The average molecular weight is 501 g/mol. The molecule has 2 amide bonds. The van der Waals surface area contributed by atoms with E-state index in [0.717, 1.165) is 6.54 Å². The van der Waals surface area contributed by atoms with Gasteiger partial charge in [-0.2, -0.15) is 0 Å². The summed E-state index contributed by atoms with van der Waals surface area (Å²) in [4.78, 5) is 29.9. The van der Waals surface area contributed by atoms with E-state index in [9.17, 15) is 9.59 Å². The fourth-order valence-electron chi connectivity index (χ4n) is 3.39. The van der Waals surface area contributed by atoms with Crippen molar-refractivity contribution in [2.75, 3.05) is 6.54 Å². The van der Waals surface area contributed by atoms with Gasteiger partial charge in [0, 0.05) is 36.1 Å². The molecule has 0 fully saturated rings. The van der Waals surface area contributed by atoms with Crippen molar-refractivity contribution in [1.29, 1.82) is 0 Å². The number of carbonyl (C=O) groups excluding carboxylic acids is 2. The Morgan fingerprint density at radius 1 is 0.972 bits per heavy atom. The number of imidazole rings is 1. The zero-order chi connectivity index (χ0) is 25.2. The Hall–Kier alpha value is -4.36. The third-order valence-corrected chi connectivity index (χ3v) is 5.44. The van der Waals surface area contributed by atoms with Crippen molar-refractivity contribution in [3.05, 3.63) is 119 Å². The van der Waals surface area contributed by atoms with E-state index in [-0.39, 0.29) is 5.70 Å². The molecule has 0 aliphatic carbocycles.